The van der Waals surface area contributed by atoms with Crippen LogP contribution >= 0.6 is 0 Å². The Hall–Kier alpha value is -16.0. The van der Waals surface area contributed by atoms with E-state index in [9.17, 15) is 53.7 Å². The molecule has 0 fully saturated rings. The quantitative estimate of drug-likeness (QED) is 0.0117. The molecular weight excluding hydrogens is 1720 g/mol. The lowest BCUT2D eigenvalue weighted by Gasteiger charge is -2.14. The SMILES string of the molecule is CC(=O)c1c(C)cc(C)cc1O.CC(=O)c1c(C)cc(C)cc1OCc1ccccc1.CCNC(=O)c1cc(-c2c(C)cc(C)cc2OCc2ccccc2)on1.CCNC(=O)c1cc(-c2c(O)cc(O)cc2OCc2ccccc2)on1.CCOC(=O)C(=O)CC(=O)c1c(C)cc(C)cc1OCc1ccccc1.CCOC(=O)c1cc(-c2c(C)cc(C)cc2OCc2ccccc2)on1. The number of aryl methyl sites for hydroxylation is 10. The van der Waals surface area contributed by atoms with Crippen LogP contribution in [0.5, 0.6) is 46.0 Å². The normalized spacial score (nSPS) is 10.4. The molecule has 11 aromatic carbocycles. The molecule has 14 aromatic rings. The summed E-state index contributed by atoms with van der Waals surface area (Å²) in [6, 6.07) is 75.1. The number of esters is 2. The minimum atomic E-state index is -0.989. The predicted octanol–water partition coefficient (Wildman–Crippen LogP) is 22.0. The summed E-state index contributed by atoms with van der Waals surface area (Å²) in [5.74, 6) is 0.0642. The van der Waals surface area contributed by atoms with Crippen molar-refractivity contribution in [1.82, 2.24) is 26.1 Å². The average Bonchev–Trinajstić information content (AvgIpc) is 1.76. The van der Waals surface area contributed by atoms with Crippen LogP contribution in [0, 0.1) is 69.2 Å². The number of benzene rings is 11. The predicted molar refractivity (Wildman–Crippen MR) is 514 cm³/mol. The van der Waals surface area contributed by atoms with Crippen LogP contribution in [0.15, 0.2) is 256 Å². The largest absolute Gasteiger partial charge is 0.508 e. The number of aromatic hydroxyl groups is 3. The fraction of sp³-hybridized carbons (Fsp3) is 0.239. The Labute approximate surface area is 785 Å². The summed E-state index contributed by atoms with van der Waals surface area (Å²) >= 11 is 0. The van der Waals surface area contributed by atoms with Crippen molar-refractivity contribution in [1.29, 1.82) is 0 Å². The maximum Gasteiger partial charge on any atom is 0.375 e. The molecule has 14 rings (SSSR count). The maximum absolute atomic E-state index is 12.6. The van der Waals surface area contributed by atoms with Gasteiger partial charge in [-0.15, -0.1) is 0 Å². The Balaban J connectivity index is 0.000000184. The number of phenolic OH excluding ortho intramolecular Hbond substituents is 3. The molecule has 0 unspecified atom stereocenters. The number of amides is 2. The molecule has 0 saturated heterocycles. The van der Waals surface area contributed by atoms with E-state index in [1.165, 1.54) is 25.1 Å². The van der Waals surface area contributed by atoms with Gasteiger partial charge in [0.05, 0.1) is 47.5 Å². The molecule has 700 valence electrons. The van der Waals surface area contributed by atoms with Crippen molar-refractivity contribution >= 4 is 46.9 Å². The average molecular weight is 1830 g/mol. The topological polar surface area (TPSA) is 364 Å². The number of ether oxygens (including phenoxy) is 7. The van der Waals surface area contributed by atoms with E-state index < -0.39 is 29.9 Å². The van der Waals surface area contributed by atoms with Gasteiger partial charge < -0.3 is 72.7 Å². The first-order valence-electron chi connectivity index (χ1n) is 43.8. The highest BCUT2D eigenvalue weighted by Gasteiger charge is 2.27. The molecule has 0 radical (unpaired) electrons. The minimum absolute atomic E-state index is 0.0422. The highest BCUT2D eigenvalue weighted by atomic mass is 16.5. The van der Waals surface area contributed by atoms with Crippen molar-refractivity contribution in [3.8, 4) is 80.0 Å². The zero-order valence-electron chi connectivity index (χ0n) is 78.7. The number of nitrogens with zero attached hydrogens (tertiary/aromatic N) is 3. The van der Waals surface area contributed by atoms with Crippen LogP contribution in [-0.2, 0) is 52.1 Å². The second-order valence-electron chi connectivity index (χ2n) is 31.5. The van der Waals surface area contributed by atoms with E-state index in [-0.39, 0.29) is 94.6 Å². The van der Waals surface area contributed by atoms with E-state index in [2.05, 4.69) is 36.9 Å². The Morgan fingerprint density at radius 3 is 1.00 bits per heavy atom. The van der Waals surface area contributed by atoms with Crippen molar-refractivity contribution in [3.63, 3.8) is 0 Å². The molecule has 5 N–H and O–H groups in total. The van der Waals surface area contributed by atoms with E-state index in [0.717, 1.165) is 89.0 Å². The molecule has 0 spiro atoms. The van der Waals surface area contributed by atoms with Crippen molar-refractivity contribution in [2.75, 3.05) is 26.3 Å². The first-order chi connectivity index (χ1) is 64.8. The van der Waals surface area contributed by atoms with E-state index in [4.69, 9.17) is 42.0 Å². The van der Waals surface area contributed by atoms with Gasteiger partial charge in [-0.25, -0.2) is 9.59 Å². The molecule has 26 heteroatoms. The van der Waals surface area contributed by atoms with Crippen molar-refractivity contribution in [2.45, 2.75) is 150 Å². The number of hydrogen-bond acceptors (Lipinski definition) is 24. The van der Waals surface area contributed by atoms with Crippen molar-refractivity contribution in [3.05, 3.63) is 360 Å². The number of carbonyl (C=O) groups excluding carboxylic acids is 8. The van der Waals surface area contributed by atoms with Gasteiger partial charge in [-0.1, -0.05) is 197 Å². The number of ketones is 4. The fourth-order valence-electron chi connectivity index (χ4n) is 14.4. The van der Waals surface area contributed by atoms with Crippen molar-refractivity contribution < 1.29 is 100 Å². The van der Waals surface area contributed by atoms with E-state index in [1.807, 2.05) is 263 Å². The molecule has 0 saturated carbocycles. The molecule has 135 heavy (non-hydrogen) atoms. The van der Waals surface area contributed by atoms with Gasteiger partial charge in [0.15, 0.2) is 51.7 Å². The lowest BCUT2D eigenvalue weighted by Crippen LogP contribution is -2.22. The van der Waals surface area contributed by atoms with Gasteiger partial charge in [0.1, 0.15) is 84.6 Å². The van der Waals surface area contributed by atoms with Gasteiger partial charge in [-0.3, -0.25) is 28.8 Å². The lowest BCUT2D eigenvalue weighted by atomic mass is 9.98. The Morgan fingerprint density at radius 1 is 0.326 bits per heavy atom. The molecule has 3 heterocycles. The van der Waals surface area contributed by atoms with Crippen molar-refractivity contribution in [2.24, 2.45) is 0 Å². The Bertz CT molecular complexity index is 6000. The Kier molecular flexibility index (Phi) is 38.8. The van der Waals surface area contributed by atoms with Gasteiger partial charge >= 0.3 is 11.9 Å². The molecule has 26 nitrogen and oxygen atoms in total. The van der Waals surface area contributed by atoms with Gasteiger partial charge in [-0.05, 0) is 225 Å². The number of nitrogens with one attached hydrogen (secondary N) is 2. The summed E-state index contributed by atoms with van der Waals surface area (Å²) in [6.45, 7) is 32.7. The van der Waals surface area contributed by atoms with E-state index in [0.29, 0.717) is 96.3 Å². The highest BCUT2D eigenvalue weighted by molar-refractivity contribution is 6.38. The van der Waals surface area contributed by atoms with Crippen LogP contribution in [0.1, 0.15) is 194 Å². The van der Waals surface area contributed by atoms with Crippen LogP contribution in [0.4, 0.5) is 0 Å². The summed E-state index contributed by atoms with van der Waals surface area (Å²) in [7, 11) is 0. The van der Waals surface area contributed by atoms with E-state index >= 15 is 0 Å². The number of phenols is 3. The first-order valence-corrected chi connectivity index (χ1v) is 43.8. The second kappa shape index (κ2) is 51.0. The maximum atomic E-state index is 12.6. The van der Waals surface area contributed by atoms with Gasteiger partial charge in [0, 0.05) is 43.4 Å². The third-order valence-electron chi connectivity index (χ3n) is 20.2. The summed E-state index contributed by atoms with van der Waals surface area (Å²) < 4.78 is 55.2. The smallest absolute Gasteiger partial charge is 0.375 e. The summed E-state index contributed by atoms with van der Waals surface area (Å²) in [4.78, 5) is 94.4. The standard InChI is InChI=1S/C21H22N2O3.C21H21NO4.C21H22O5.C19H18N2O5.C17H18O2.C10H12O2/c1-4-22-21(24)17-12-19(26-23-17)20-15(3)10-14(2)11-18(20)25-13-16-8-6-5-7-9-16;1-4-24-21(23)17-12-19(26-22-17)20-15(3)10-14(2)11-18(20)25-13-16-8-6-5-7-9-16;1-4-25-21(24)18(23)12-17(22)20-15(3)10-14(2)11-19(20)26-13-16-8-6-5-7-9-16;1-2-20-19(24)14-10-17(26-21-14)18-15(23)8-13(22)9-16(18)25-11-12-6-4-3-5-7-12;1-12-9-13(2)17(14(3)18)16(10-12)19-11-15-7-5-4-6-8-15;1-6-4-7(2)10(8(3)11)9(12)5-6/h5-12H,4,13H2,1-3H3,(H,22,24);5-12H,4,13H2,1-3H3;5-11H,4,12-13H2,1-3H3;3-10,22-23H,2,11H2,1H3,(H,20,24);4-10H,11H2,1-3H3;4-5,12H,1-3H3. The number of rotatable bonds is 31. The second-order valence-corrected chi connectivity index (χ2v) is 31.5. The number of Topliss-reactive ketones (excluding diaryl/α,β-unsaturated/α-hetero) is 4. The molecular formula is C109H113N5O21. The fourth-order valence-corrected chi connectivity index (χ4v) is 14.4. The number of carbonyl (C=O) groups is 8. The third-order valence-corrected chi connectivity index (χ3v) is 20.2. The molecule has 0 aliphatic heterocycles. The summed E-state index contributed by atoms with van der Waals surface area (Å²) in [5, 5.41) is 46.2. The van der Waals surface area contributed by atoms with Crippen LogP contribution in [0.3, 0.4) is 0 Å². The zero-order chi connectivity index (χ0) is 97.8. The minimum Gasteiger partial charge on any atom is -0.508 e. The molecule has 2 amide bonds. The third kappa shape index (κ3) is 30.5. The van der Waals surface area contributed by atoms with Gasteiger partial charge in [0.25, 0.3) is 11.8 Å². The molecule has 3 aromatic heterocycles. The summed E-state index contributed by atoms with van der Waals surface area (Å²) in [6.07, 6.45) is -0.537. The molecule has 0 atom stereocenters. The molecule has 0 aliphatic carbocycles. The number of hydrogen-bond donors (Lipinski definition) is 5. The van der Waals surface area contributed by atoms with Crippen LogP contribution in [0.2, 0.25) is 0 Å². The monoisotopic (exact) mass is 1830 g/mol. The molecule has 0 aliphatic rings. The van der Waals surface area contributed by atoms with E-state index in [1.54, 1.807) is 58.9 Å². The first kappa shape index (κ1) is 103. The number of aromatic nitrogens is 3. The van der Waals surface area contributed by atoms with Crippen LogP contribution < -0.4 is 34.3 Å². The molecule has 0 bridgehead atoms. The van der Waals surface area contributed by atoms with Gasteiger partial charge in [0.2, 0.25) is 5.78 Å². The van der Waals surface area contributed by atoms with Crippen LogP contribution in [0.25, 0.3) is 34.0 Å². The van der Waals surface area contributed by atoms with Gasteiger partial charge in [-0.2, -0.15) is 0 Å². The summed E-state index contributed by atoms with van der Waals surface area (Å²) in [5.41, 5.74) is 18.6. The lowest BCUT2D eigenvalue weighted by molar-refractivity contribution is -0.153. The Morgan fingerprint density at radius 2 is 0.637 bits per heavy atom. The van der Waals surface area contributed by atoms with Crippen LogP contribution in [-0.4, -0.2) is 104 Å². The zero-order valence-corrected chi connectivity index (χ0v) is 78.7. The highest BCUT2D eigenvalue weighted by Crippen LogP contribution is 2.43.